The van der Waals surface area contributed by atoms with Gasteiger partial charge in [-0.2, -0.15) is 0 Å². The van der Waals surface area contributed by atoms with E-state index < -0.39 is 0 Å². The highest BCUT2D eigenvalue weighted by Gasteiger charge is 2.20. The largest absolute Gasteiger partial charge is 0.465 e. The van der Waals surface area contributed by atoms with E-state index in [0.717, 1.165) is 11.1 Å². The standard InChI is InChI=1S/C28H48O2/c1-5-7-9-11-13-15-20-26(21-16-14-12-10-8-6-2)23-30-28(29)25(4)27-22-18-17-19-24(27)3/h17-19,22,25-26H,5-16,20-21,23H2,1-4H3. The lowest BCUT2D eigenvalue weighted by Crippen LogP contribution is -2.19. The summed E-state index contributed by atoms with van der Waals surface area (Å²) in [5.74, 6) is 0.269. The Morgan fingerprint density at radius 1 is 0.800 bits per heavy atom. The van der Waals surface area contributed by atoms with Gasteiger partial charge in [0.25, 0.3) is 0 Å². The molecule has 0 N–H and O–H groups in total. The van der Waals surface area contributed by atoms with Gasteiger partial charge in [0.1, 0.15) is 0 Å². The van der Waals surface area contributed by atoms with Crippen molar-refractivity contribution in [2.45, 2.75) is 124 Å². The molecule has 0 bridgehead atoms. The van der Waals surface area contributed by atoms with Crippen LogP contribution in [0.4, 0.5) is 0 Å². The summed E-state index contributed by atoms with van der Waals surface area (Å²) >= 11 is 0. The van der Waals surface area contributed by atoms with Gasteiger partial charge in [-0.3, -0.25) is 4.79 Å². The second kappa shape index (κ2) is 17.4. The third-order valence-electron chi connectivity index (χ3n) is 6.40. The molecule has 0 amide bonds. The number of carbonyl (C=O) groups excluding carboxylic acids is 1. The Kier molecular flexibility index (Phi) is 15.5. The molecule has 1 rings (SSSR count). The maximum atomic E-state index is 12.7. The van der Waals surface area contributed by atoms with Gasteiger partial charge in [-0.1, -0.05) is 115 Å². The van der Waals surface area contributed by atoms with E-state index in [0.29, 0.717) is 12.5 Å². The molecule has 0 aliphatic rings. The van der Waals surface area contributed by atoms with Crippen molar-refractivity contribution in [3.05, 3.63) is 35.4 Å². The van der Waals surface area contributed by atoms with Gasteiger partial charge in [-0.25, -0.2) is 0 Å². The molecule has 0 aliphatic heterocycles. The molecule has 1 unspecified atom stereocenters. The summed E-state index contributed by atoms with van der Waals surface area (Å²) in [4.78, 5) is 12.7. The van der Waals surface area contributed by atoms with E-state index in [2.05, 4.69) is 26.8 Å². The molecule has 1 aromatic rings. The van der Waals surface area contributed by atoms with Crippen LogP contribution in [0, 0.1) is 12.8 Å². The Morgan fingerprint density at radius 3 is 1.83 bits per heavy atom. The van der Waals surface area contributed by atoms with Crippen molar-refractivity contribution in [2.24, 2.45) is 5.92 Å². The molecule has 0 fully saturated rings. The van der Waals surface area contributed by atoms with Crippen molar-refractivity contribution >= 4 is 5.97 Å². The van der Waals surface area contributed by atoms with Gasteiger partial charge in [-0.15, -0.1) is 0 Å². The topological polar surface area (TPSA) is 26.3 Å². The van der Waals surface area contributed by atoms with Crippen LogP contribution >= 0.6 is 0 Å². The maximum absolute atomic E-state index is 12.7. The number of carbonyl (C=O) groups is 1. The Morgan fingerprint density at radius 2 is 1.30 bits per heavy atom. The predicted molar refractivity (Wildman–Crippen MR) is 130 cm³/mol. The van der Waals surface area contributed by atoms with Crippen LogP contribution in [-0.2, 0) is 9.53 Å². The fourth-order valence-corrected chi connectivity index (χ4v) is 4.26. The molecule has 0 aliphatic carbocycles. The van der Waals surface area contributed by atoms with Gasteiger partial charge in [-0.05, 0) is 43.7 Å². The summed E-state index contributed by atoms with van der Waals surface area (Å²) in [6.45, 7) is 9.17. The summed E-state index contributed by atoms with van der Waals surface area (Å²) < 4.78 is 5.83. The molecule has 1 atom stereocenters. The molecule has 172 valence electrons. The van der Waals surface area contributed by atoms with Crippen molar-refractivity contribution in [1.82, 2.24) is 0 Å². The van der Waals surface area contributed by atoms with Crippen LogP contribution in [-0.4, -0.2) is 12.6 Å². The molecule has 0 radical (unpaired) electrons. The second-order valence-electron chi connectivity index (χ2n) is 9.19. The van der Waals surface area contributed by atoms with Gasteiger partial charge in [0.05, 0.1) is 12.5 Å². The zero-order chi connectivity index (χ0) is 22.0. The number of rotatable bonds is 18. The third kappa shape index (κ3) is 11.8. The highest BCUT2D eigenvalue weighted by molar-refractivity contribution is 5.78. The van der Waals surface area contributed by atoms with E-state index in [-0.39, 0.29) is 11.9 Å². The lowest BCUT2D eigenvalue weighted by Gasteiger charge is -2.19. The molecule has 0 heterocycles. The second-order valence-corrected chi connectivity index (χ2v) is 9.19. The minimum absolute atomic E-state index is 0.0693. The van der Waals surface area contributed by atoms with E-state index >= 15 is 0 Å². The van der Waals surface area contributed by atoms with Crippen LogP contribution in [0.25, 0.3) is 0 Å². The zero-order valence-electron chi connectivity index (χ0n) is 20.4. The van der Waals surface area contributed by atoms with Crippen LogP contribution in [0.2, 0.25) is 0 Å². The van der Waals surface area contributed by atoms with Crippen LogP contribution in [0.3, 0.4) is 0 Å². The normalized spacial score (nSPS) is 12.3. The number of ether oxygens (including phenoxy) is 1. The van der Waals surface area contributed by atoms with Gasteiger partial charge in [0.2, 0.25) is 0 Å². The molecule has 2 heteroatoms. The number of unbranched alkanes of at least 4 members (excludes halogenated alkanes) is 10. The molecule has 0 saturated carbocycles. The van der Waals surface area contributed by atoms with E-state index in [1.807, 2.05) is 25.1 Å². The number of aryl methyl sites for hydroxylation is 1. The van der Waals surface area contributed by atoms with Crippen molar-refractivity contribution in [3.8, 4) is 0 Å². The summed E-state index contributed by atoms with van der Waals surface area (Å²) in [5, 5.41) is 0. The van der Waals surface area contributed by atoms with E-state index in [1.165, 1.54) is 89.9 Å². The van der Waals surface area contributed by atoms with Crippen LogP contribution < -0.4 is 0 Å². The van der Waals surface area contributed by atoms with Crippen molar-refractivity contribution in [1.29, 1.82) is 0 Å². The quantitative estimate of drug-likeness (QED) is 0.176. The van der Waals surface area contributed by atoms with Gasteiger partial charge < -0.3 is 4.74 Å². The molecule has 1 aromatic carbocycles. The Labute approximate surface area is 187 Å². The van der Waals surface area contributed by atoms with E-state index in [1.54, 1.807) is 0 Å². The number of benzene rings is 1. The maximum Gasteiger partial charge on any atom is 0.313 e. The first kappa shape index (κ1) is 26.7. The van der Waals surface area contributed by atoms with Crippen LogP contribution in [0.15, 0.2) is 24.3 Å². The van der Waals surface area contributed by atoms with Gasteiger partial charge in [0.15, 0.2) is 0 Å². The highest BCUT2D eigenvalue weighted by Crippen LogP contribution is 2.23. The fourth-order valence-electron chi connectivity index (χ4n) is 4.26. The van der Waals surface area contributed by atoms with E-state index in [4.69, 9.17) is 4.74 Å². The van der Waals surface area contributed by atoms with Crippen LogP contribution in [0.5, 0.6) is 0 Å². The lowest BCUT2D eigenvalue weighted by atomic mass is 9.94. The predicted octanol–water partition coefficient (Wildman–Crippen LogP) is 8.76. The average molecular weight is 417 g/mol. The first-order valence-corrected chi connectivity index (χ1v) is 12.8. The average Bonchev–Trinajstić information content (AvgIpc) is 2.75. The molecular weight excluding hydrogens is 368 g/mol. The molecule has 0 spiro atoms. The zero-order valence-corrected chi connectivity index (χ0v) is 20.4. The van der Waals surface area contributed by atoms with Gasteiger partial charge >= 0.3 is 5.97 Å². The number of hydrogen-bond donors (Lipinski definition) is 0. The summed E-state index contributed by atoms with van der Waals surface area (Å²) in [5.41, 5.74) is 2.25. The summed E-state index contributed by atoms with van der Waals surface area (Å²) in [6, 6.07) is 8.14. The van der Waals surface area contributed by atoms with E-state index in [9.17, 15) is 4.79 Å². The first-order valence-electron chi connectivity index (χ1n) is 12.8. The Bertz CT molecular complexity index is 535. The van der Waals surface area contributed by atoms with Crippen molar-refractivity contribution in [3.63, 3.8) is 0 Å². The Hall–Kier alpha value is -1.31. The highest BCUT2D eigenvalue weighted by atomic mass is 16.5. The van der Waals surface area contributed by atoms with Crippen molar-refractivity contribution < 1.29 is 9.53 Å². The smallest absolute Gasteiger partial charge is 0.313 e. The fraction of sp³-hybridized carbons (Fsp3) is 0.750. The summed E-state index contributed by atoms with van der Waals surface area (Å²) in [6.07, 6.45) is 18.3. The molecule has 2 nitrogen and oxygen atoms in total. The van der Waals surface area contributed by atoms with Crippen LogP contribution in [0.1, 0.15) is 128 Å². The molecule has 0 saturated heterocycles. The molecule has 0 aromatic heterocycles. The Balaban J connectivity index is 2.43. The first-order chi connectivity index (χ1) is 14.6. The monoisotopic (exact) mass is 416 g/mol. The van der Waals surface area contributed by atoms with Crippen molar-refractivity contribution in [2.75, 3.05) is 6.61 Å². The lowest BCUT2D eigenvalue weighted by molar-refractivity contribution is -0.146. The summed E-state index contributed by atoms with van der Waals surface area (Å²) in [7, 11) is 0. The third-order valence-corrected chi connectivity index (χ3v) is 6.40. The SMILES string of the molecule is CCCCCCCCC(CCCCCCCC)COC(=O)C(C)c1ccccc1C. The molecular formula is C28H48O2. The van der Waals surface area contributed by atoms with Gasteiger partial charge in [0, 0.05) is 0 Å². The minimum atomic E-state index is -0.185. The number of hydrogen-bond acceptors (Lipinski definition) is 2. The molecule has 30 heavy (non-hydrogen) atoms. The minimum Gasteiger partial charge on any atom is -0.465 e. The number of esters is 1.